The molecule has 3 N–H and O–H groups in total. The Balaban J connectivity index is 1.76. The van der Waals surface area contributed by atoms with Gasteiger partial charge in [-0.1, -0.05) is 12.8 Å². The Labute approximate surface area is 103 Å². The van der Waals surface area contributed by atoms with Crippen molar-refractivity contribution in [2.75, 3.05) is 6.61 Å². The monoisotopic (exact) mass is 240 g/mol. The summed E-state index contributed by atoms with van der Waals surface area (Å²) in [7, 11) is 0. The number of hydrogen-bond donors (Lipinski definition) is 2. The van der Waals surface area contributed by atoms with E-state index in [9.17, 15) is 4.79 Å². The van der Waals surface area contributed by atoms with Gasteiger partial charge in [-0.15, -0.1) is 0 Å². The largest absolute Gasteiger partial charge is 0.376 e. The third-order valence-corrected chi connectivity index (χ3v) is 4.14. The summed E-state index contributed by atoms with van der Waals surface area (Å²) in [4.78, 5) is 11.9. The van der Waals surface area contributed by atoms with Gasteiger partial charge in [0.1, 0.15) is 0 Å². The van der Waals surface area contributed by atoms with Gasteiger partial charge in [-0.05, 0) is 32.1 Å². The molecular formula is C13H24N2O2. The van der Waals surface area contributed by atoms with Gasteiger partial charge in [-0.2, -0.15) is 0 Å². The SMILES string of the molecule is CC1OCCC1NC(=O)CC1CCCCC1N. The van der Waals surface area contributed by atoms with E-state index in [0.717, 1.165) is 25.9 Å². The molecule has 1 saturated carbocycles. The van der Waals surface area contributed by atoms with E-state index in [0.29, 0.717) is 12.3 Å². The average Bonchev–Trinajstić information content (AvgIpc) is 2.68. The standard InChI is InChI=1S/C13H24N2O2/c1-9-12(6-7-17-9)15-13(16)8-10-4-2-3-5-11(10)14/h9-12H,2-8,14H2,1H3,(H,15,16). The fourth-order valence-corrected chi connectivity index (χ4v) is 2.91. The molecule has 2 aliphatic rings. The van der Waals surface area contributed by atoms with Crippen molar-refractivity contribution in [3.05, 3.63) is 0 Å². The molecule has 4 heteroatoms. The van der Waals surface area contributed by atoms with Crippen molar-refractivity contribution in [2.24, 2.45) is 11.7 Å². The highest BCUT2D eigenvalue weighted by Gasteiger charge is 2.28. The molecule has 17 heavy (non-hydrogen) atoms. The molecule has 1 aliphatic carbocycles. The lowest BCUT2D eigenvalue weighted by Gasteiger charge is -2.28. The predicted molar refractivity (Wildman–Crippen MR) is 66.5 cm³/mol. The number of nitrogens with two attached hydrogens (primary N) is 1. The molecule has 1 saturated heterocycles. The second-order valence-electron chi connectivity index (χ2n) is 5.45. The van der Waals surface area contributed by atoms with Crippen LogP contribution < -0.4 is 11.1 Å². The summed E-state index contributed by atoms with van der Waals surface area (Å²) >= 11 is 0. The third kappa shape index (κ3) is 3.42. The molecule has 98 valence electrons. The van der Waals surface area contributed by atoms with Gasteiger partial charge in [-0.3, -0.25) is 4.79 Å². The first-order valence-electron chi connectivity index (χ1n) is 6.83. The number of ether oxygens (including phenoxy) is 1. The zero-order valence-electron chi connectivity index (χ0n) is 10.7. The maximum atomic E-state index is 11.9. The minimum absolute atomic E-state index is 0.148. The zero-order chi connectivity index (χ0) is 12.3. The quantitative estimate of drug-likeness (QED) is 0.779. The Morgan fingerprint density at radius 2 is 2.12 bits per heavy atom. The average molecular weight is 240 g/mol. The molecule has 1 amide bonds. The highest BCUT2D eigenvalue weighted by atomic mass is 16.5. The lowest BCUT2D eigenvalue weighted by atomic mass is 9.83. The molecule has 4 atom stereocenters. The van der Waals surface area contributed by atoms with Crippen LogP contribution >= 0.6 is 0 Å². The summed E-state index contributed by atoms with van der Waals surface area (Å²) in [5.74, 6) is 0.524. The van der Waals surface area contributed by atoms with E-state index >= 15 is 0 Å². The minimum atomic E-state index is 0.148. The van der Waals surface area contributed by atoms with E-state index < -0.39 is 0 Å². The van der Waals surface area contributed by atoms with Crippen molar-refractivity contribution < 1.29 is 9.53 Å². The van der Waals surface area contributed by atoms with Crippen LogP contribution in [0.2, 0.25) is 0 Å². The van der Waals surface area contributed by atoms with Gasteiger partial charge in [0.15, 0.2) is 0 Å². The van der Waals surface area contributed by atoms with Crippen LogP contribution in [0.5, 0.6) is 0 Å². The molecule has 0 aromatic rings. The smallest absolute Gasteiger partial charge is 0.220 e. The highest BCUT2D eigenvalue weighted by molar-refractivity contribution is 5.76. The van der Waals surface area contributed by atoms with Crippen LogP contribution in [0.25, 0.3) is 0 Å². The highest BCUT2D eigenvalue weighted by Crippen LogP contribution is 2.25. The second-order valence-corrected chi connectivity index (χ2v) is 5.45. The van der Waals surface area contributed by atoms with E-state index in [1.165, 1.54) is 12.8 Å². The zero-order valence-corrected chi connectivity index (χ0v) is 10.7. The Hall–Kier alpha value is -0.610. The van der Waals surface area contributed by atoms with E-state index in [1.807, 2.05) is 6.92 Å². The van der Waals surface area contributed by atoms with E-state index in [-0.39, 0.29) is 24.1 Å². The number of hydrogen-bond acceptors (Lipinski definition) is 3. The fraction of sp³-hybridized carbons (Fsp3) is 0.923. The van der Waals surface area contributed by atoms with Crippen molar-refractivity contribution in [2.45, 2.75) is 63.6 Å². The number of amides is 1. The topological polar surface area (TPSA) is 64.3 Å². The molecule has 2 fully saturated rings. The van der Waals surface area contributed by atoms with E-state index in [4.69, 9.17) is 10.5 Å². The van der Waals surface area contributed by atoms with Gasteiger partial charge >= 0.3 is 0 Å². The first-order valence-corrected chi connectivity index (χ1v) is 6.83. The maximum Gasteiger partial charge on any atom is 0.220 e. The van der Waals surface area contributed by atoms with Crippen molar-refractivity contribution >= 4 is 5.91 Å². The summed E-state index contributed by atoms with van der Waals surface area (Å²) in [5.41, 5.74) is 6.06. The van der Waals surface area contributed by atoms with Gasteiger partial charge in [0.25, 0.3) is 0 Å². The van der Waals surface area contributed by atoms with Crippen LogP contribution in [0.3, 0.4) is 0 Å². The van der Waals surface area contributed by atoms with Crippen LogP contribution in [0, 0.1) is 5.92 Å². The Morgan fingerprint density at radius 3 is 2.76 bits per heavy atom. The first kappa shape index (κ1) is 12.8. The van der Waals surface area contributed by atoms with Gasteiger partial charge in [-0.25, -0.2) is 0 Å². The normalized spacial score (nSPS) is 38.0. The molecule has 0 radical (unpaired) electrons. The Kier molecular flexibility index (Phi) is 4.40. The van der Waals surface area contributed by atoms with Crippen LogP contribution in [0.15, 0.2) is 0 Å². The molecule has 1 aliphatic heterocycles. The van der Waals surface area contributed by atoms with E-state index in [1.54, 1.807) is 0 Å². The number of nitrogens with one attached hydrogen (secondary N) is 1. The Bertz CT molecular complexity index is 270. The number of carbonyl (C=O) groups is 1. The van der Waals surface area contributed by atoms with Crippen LogP contribution in [0.1, 0.15) is 45.4 Å². The molecule has 4 unspecified atom stereocenters. The summed E-state index contributed by atoms with van der Waals surface area (Å²) in [6.07, 6.45) is 6.28. The molecule has 1 heterocycles. The van der Waals surface area contributed by atoms with Crippen molar-refractivity contribution in [3.63, 3.8) is 0 Å². The van der Waals surface area contributed by atoms with Crippen LogP contribution in [-0.2, 0) is 9.53 Å². The molecule has 0 spiro atoms. The number of rotatable bonds is 3. The molecule has 4 nitrogen and oxygen atoms in total. The van der Waals surface area contributed by atoms with Crippen molar-refractivity contribution in [1.29, 1.82) is 0 Å². The van der Waals surface area contributed by atoms with Crippen molar-refractivity contribution in [3.8, 4) is 0 Å². The summed E-state index contributed by atoms with van der Waals surface area (Å²) < 4.78 is 5.44. The second kappa shape index (κ2) is 5.83. The maximum absolute atomic E-state index is 11.9. The fourth-order valence-electron chi connectivity index (χ4n) is 2.91. The molecule has 2 rings (SSSR count). The first-order chi connectivity index (χ1) is 8.16. The molecular weight excluding hydrogens is 216 g/mol. The molecule has 0 aromatic heterocycles. The lowest BCUT2D eigenvalue weighted by molar-refractivity contribution is -0.123. The van der Waals surface area contributed by atoms with Gasteiger partial charge in [0.05, 0.1) is 12.1 Å². The number of carbonyl (C=O) groups excluding carboxylic acids is 1. The van der Waals surface area contributed by atoms with Crippen LogP contribution in [0.4, 0.5) is 0 Å². The summed E-state index contributed by atoms with van der Waals surface area (Å²) in [6.45, 7) is 2.78. The third-order valence-electron chi connectivity index (χ3n) is 4.14. The van der Waals surface area contributed by atoms with Crippen molar-refractivity contribution in [1.82, 2.24) is 5.32 Å². The summed E-state index contributed by atoms with van der Waals surface area (Å²) in [5, 5.41) is 3.08. The molecule has 0 aromatic carbocycles. The lowest BCUT2D eigenvalue weighted by Crippen LogP contribution is -2.42. The Morgan fingerprint density at radius 1 is 1.35 bits per heavy atom. The van der Waals surface area contributed by atoms with E-state index in [2.05, 4.69) is 5.32 Å². The van der Waals surface area contributed by atoms with Crippen LogP contribution in [-0.4, -0.2) is 30.7 Å². The minimum Gasteiger partial charge on any atom is -0.376 e. The van der Waals surface area contributed by atoms with Gasteiger partial charge in [0, 0.05) is 19.1 Å². The summed E-state index contributed by atoms with van der Waals surface area (Å²) in [6, 6.07) is 0.411. The van der Waals surface area contributed by atoms with Gasteiger partial charge in [0.2, 0.25) is 5.91 Å². The molecule has 0 bridgehead atoms. The van der Waals surface area contributed by atoms with Gasteiger partial charge < -0.3 is 15.8 Å². The predicted octanol–water partition coefficient (Wildman–Crippen LogP) is 1.19.